The molecule has 2 rings (SSSR count). The fourth-order valence-corrected chi connectivity index (χ4v) is 1.40. The summed E-state index contributed by atoms with van der Waals surface area (Å²) in [4.78, 5) is 4.24. The number of benzene rings is 1. The summed E-state index contributed by atoms with van der Waals surface area (Å²) in [7, 11) is 1.67. The van der Waals surface area contributed by atoms with Crippen LogP contribution in [0.1, 0.15) is 5.56 Å². The van der Waals surface area contributed by atoms with Crippen molar-refractivity contribution in [2.45, 2.75) is 6.42 Å². The number of ether oxygens (including phenoxy) is 2. The molecule has 0 atom stereocenters. The molecule has 0 radical (unpaired) electrons. The smallest absolute Gasteiger partial charge is 0.187 e. The summed E-state index contributed by atoms with van der Waals surface area (Å²) in [5.41, 5.74) is 1.20. The van der Waals surface area contributed by atoms with Gasteiger partial charge >= 0.3 is 0 Å². The van der Waals surface area contributed by atoms with Gasteiger partial charge in [0.15, 0.2) is 5.90 Å². The van der Waals surface area contributed by atoms with E-state index in [0.29, 0.717) is 0 Å². The molecule has 14 heavy (non-hydrogen) atoms. The highest BCUT2D eigenvalue weighted by Gasteiger charge is 2.07. The second-order valence-corrected chi connectivity index (χ2v) is 3.15. The van der Waals surface area contributed by atoms with Gasteiger partial charge in [0.05, 0.1) is 13.7 Å². The van der Waals surface area contributed by atoms with E-state index in [-0.39, 0.29) is 0 Å². The van der Waals surface area contributed by atoms with E-state index in [9.17, 15) is 0 Å². The Kier molecular flexibility index (Phi) is 2.68. The third-order valence-corrected chi connectivity index (χ3v) is 2.16. The van der Waals surface area contributed by atoms with Crippen LogP contribution in [-0.4, -0.2) is 26.2 Å². The van der Waals surface area contributed by atoms with Crippen molar-refractivity contribution in [3.8, 4) is 5.75 Å². The first-order valence-electron chi connectivity index (χ1n) is 4.67. The Labute approximate surface area is 83.4 Å². The lowest BCUT2D eigenvalue weighted by atomic mass is 10.1. The van der Waals surface area contributed by atoms with Gasteiger partial charge in [-0.25, -0.2) is 0 Å². The standard InChI is InChI=1S/C11H13NO2/c1-13-10-4-2-9(3-5-10)8-11-12-6-7-14-11/h2-5H,6-8H2,1H3. The molecule has 1 aromatic rings. The van der Waals surface area contributed by atoms with Crippen molar-refractivity contribution < 1.29 is 9.47 Å². The van der Waals surface area contributed by atoms with E-state index in [1.165, 1.54) is 5.56 Å². The molecule has 0 unspecified atom stereocenters. The minimum atomic E-state index is 0.728. The summed E-state index contributed by atoms with van der Waals surface area (Å²) < 4.78 is 10.4. The zero-order valence-corrected chi connectivity index (χ0v) is 8.19. The molecule has 74 valence electrons. The van der Waals surface area contributed by atoms with Crippen molar-refractivity contribution in [3.05, 3.63) is 29.8 Å². The Morgan fingerprint density at radius 1 is 1.36 bits per heavy atom. The van der Waals surface area contributed by atoms with Gasteiger partial charge in [0, 0.05) is 6.42 Å². The van der Waals surface area contributed by atoms with Crippen molar-refractivity contribution in [2.24, 2.45) is 4.99 Å². The molecule has 0 bridgehead atoms. The molecule has 0 saturated heterocycles. The van der Waals surface area contributed by atoms with E-state index in [1.807, 2.05) is 24.3 Å². The van der Waals surface area contributed by atoms with E-state index >= 15 is 0 Å². The largest absolute Gasteiger partial charge is 0.497 e. The Morgan fingerprint density at radius 3 is 2.71 bits per heavy atom. The number of hydrogen-bond donors (Lipinski definition) is 0. The molecule has 1 heterocycles. The van der Waals surface area contributed by atoms with E-state index in [0.717, 1.165) is 31.2 Å². The van der Waals surface area contributed by atoms with E-state index in [2.05, 4.69) is 4.99 Å². The lowest BCUT2D eigenvalue weighted by Crippen LogP contribution is -2.02. The summed E-state index contributed by atoms with van der Waals surface area (Å²) in [6.45, 7) is 1.52. The molecule has 3 heteroatoms. The molecule has 0 N–H and O–H groups in total. The van der Waals surface area contributed by atoms with Crippen LogP contribution in [0.25, 0.3) is 0 Å². The summed E-state index contributed by atoms with van der Waals surface area (Å²) >= 11 is 0. The second-order valence-electron chi connectivity index (χ2n) is 3.15. The van der Waals surface area contributed by atoms with Crippen molar-refractivity contribution in [1.29, 1.82) is 0 Å². The highest BCUT2D eigenvalue weighted by atomic mass is 16.5. The van der Waals surface area contributed by atoms with Gasteiger partial charge in [-0.2, -0.15) is 0 Å². The van der Waals surface area contributed by atoms with Crippen molar-refractivity contribution in [3.63, 3.8) is 0 Å². The van der Waals surface area contributed by atoms with Crippen LogP contribution in [0.2, 0.25) is 0 Å². The summed E-state index contributed by atoms with van der Waals surface area (Å²) in [6.07, 6.45) is 0.782. The predicted octanol–water partition coefficient (Wildman–Crippen LogP) is 1.67. The minimum Gasteiger partial charge on any atom is -0.497 e. The molecule has 1 aliphatic heterocycles. The summed E-state index contributed by atoms with van der Waals surface area (Å²) in [5, 5.41) is 0. The van der Waals surface area contributed by atoms with Crippen LogP contribution >= 0.6 is 0 Å². The monoisotopic (exact) mass is 191 g/mol. The van der Waals surface area contributed by atoms with E-state index < -0.39 is 0 Å². The zero-order valence-electron chi connectivity index (χ0n) is 8.19. The van der Waals surface area contributed by atoms with Gasteiger partial charge in [-0.3, -0.25) is 4.99 Å². The first-order chi connectivity index (χ1) is 6.88. The molecule has 3 nitrogen and oxygen atoms in total. The fraction of sp³-hybridized carbons (Fsp3) is 0.364. The van der Waals surface area contributed by atoms with E-state index in [4.69, 9.17) is 9.47 Å². The molecule has 0 amide bonds. The maximum Gasteiger partial charge on any atom is 0.187 e. The Morgan fingerprint density at radius 2 is 2.14 bits per heavy atom. The Bertz CT molecular complexity index is 330. The molecule has 0 aromatic heterocycles. The Hall–Kier alpha value is -1.51. The quantitative estimate of drug-likeness (QED) is 0.727. The molecular weight excluding hydrogens is 178 g/mol. The molecular formula is C11H13NO2. The molecule has 0 saturated carbocycles. The maximum absolute atomic E-state index is 5.33. The van der Waals surface area contributed by atoms with Crippen LogP contribution in [0.15, 0.2) is 29.3 Å². The lowest BCUT2D eigenvalue weighted by Gasteiger charge is -2.03. The van der Waals surface area contributed by atoms with E-state index in [1.54, 1.807) is 7.11 Å². The average molecular weight is 191 g/mol. The number of methoxy groups -OCH3 is 1. The molecule has 0 spiro atoms. The Balaban J connectivity index is 2.02. The maximum atomic E-state index is 5.33. The zero-order chi connectivity index (χ0) is 9.80. The average Bonchev–Trinajstić information content (AvgIpc) is 2.72. The normalized spacial score (nSPS) is 14.8. The highest BCUT2D eigenvalue weighted by Crippen LogP contribution is 2.12. The lowest BCUT2D eigenvalue weighted by molar-refractivity contribution is 0.341. The third kappa shape index (κ3) is 2.05. The van der Waals surface area contributed by atoms with Crippen LogP contribution in [0.5, 0.6) is 5.75 Å². The summed E-state index contributed by atoms with van der Waals surface area (Å²) in [5.74, 6) is 1.72. The van der Waals surface area contributed by atoms with Crippen LogP contribution in [0.3, 0.4) is 0 Å². The highest BCUT2D eigenvalue weighted by molar-refractivity contribution is 5.79. The van der Waals surface area contributed by atoms with Crippen LogP contribution in [0, 0.1) is 0 Å². The number of nitrogens with zero attached hydrogens (tertiary/aromatic N) is 1. The van der Waals surface area contributed by atoms with Gasteiger partial charge in [-0.1, -0.05) is 12.1 Å². The fourth-order valence-electron chi connectivity index (χ4n) is 1.40. The second kappa shape index (κ2) is 4.13. The van der Waals surface area contributed by atoms with Crippen LogP contribution in [-0.2, 0) is 11.2 Å². The number of aliphatic imine (C=N–C) groups is 1. The van der Waals surface area contributed by atoms with Gasteiger partial charge in [0.2, 0.25) is 0 Å². The van der Waals surface area contributed by atoms with Gasteiger partial charge in [-0.15, -0.1) is 0 Å². The SMILES string of the molecule is COc1ccc(CC2=NCCO2)cc1. The van der Waals surface area contributed by atoms with Crippen LogP contribution in [0.4, 0.5) is 0 Å². The van der Waals surface area contributed by atoms with Gasteiger partial charge in [0.25, 0.3) is 0 Å². The third-order valence-electron chi connectivity index (χ3n) is 2.16. The first-order valence-corrected chi connectivity index (χ1v) is 4.67. The van der Waals surface area contributed by atoms with Crippen molar-refractivity contribution in [2.75, 3.05) is 20.3 Å². The first kappa shape index (κ1) is 9.06. The van der Waals surface area contributed by atoms with Crippen molar-refractivity contribution >= 4 is 5.90 Å². The number of rotatable bonds is 3. The predicted molar refractivity (Wildman–Crippen MR) is 55.0 cm³/mol. The summed E-state index contributed by atoms with van der Waals surface area (Å²) in [6, 6.07) is 7.96. The minimum absolute atomic E-state index is 0.728. The van der Waals surface area contributed by atoms with Gasteiger partial charge < -0.3 is 9.47 Å². The topological polar surface area (TPSA) is 30.8 Å². The van der Waals surface area contributed by atoms with Gasteiger partial charge in [0.1, 0.15) is 12.4 Å². The molecule has 0 fully saturated rings. The van der Waals surface area contributed by atoms with Gasteiger partial charge in [-0.05, 0) is 17.7 Å². The number of hydrogen-bond acceptors (Lipinski definition) is 3. The van der Waals surface area contributed by atoms with Crippen LogP contribution < -0.4 is 4.74 Å². The molecule has 1 aromatic carbocycles. The molecule has 0 aliphatic carbocycles. The van der Waals surface area contributed by atoms with Crippen molar-refractivity contribution in [1.82, 2.24) is 0 Å². The molecule has 1 aliphatic rings.